The van der Waals surface area contributed by atoms with Crippen LogP contribution in [0, 0.1) is 13.8 Å². The molecule has 1 atom stereocenters. The lowest BCUT2D eigenvalue weighted by atomic mass is 10.0. The Morgan fingerprint density at radius 1 is 1.24 bits per heavy atom. The van der Waals surface area contributed by atoms with Crippen LogP contribution in [0.1, 0.15) is 28.6 Å². The molecule has 1 unspecified atom stereocenters. The van der Waals surface area contributed by atoms with E-state index in [1.807, 2.05) is 26.0 Å². The van der Waals surface area contributed by atoms with Crippen molar-refractivity contribution in [2.45, 2.75) is 20.0 Å². The molecule has 0 fully saturated rings. The summed E-state index contributed by atoms with van der Waals surface area (Å²) in [5.74, 6) is 0.474. The highest BCUT2D eigenvalue weighted by Crippen LogP contribution is 2.32. The zero-order valence-electron chi connectivity index (χ0n) is 9.50. The van der Waals surface area contributed by atoms with Gasteiger partial charge in [0.15, 0.2) is 4.67 Å². The Morgan fingerprint density at radius 2 is 1.88 bits per heavy atom. The zero-order valence-corrected chi connectivity index (χ0v) is 11.8. The van der Waals surface area contributed by atoms with E-state index in [0.29, 0.717) is 21.0 Å². The van der Waals surface area contributed by atoms with E-state index in [0.717, 1.165) is 11.1 Å². The molecule has 1 aromatic carbocycles. The van der Waals surface area contributed by atoms with Gasteiger partial charge >= 0.3 is 0 Å². The van der Waals surface area contributed by atoms with E-state index >= 15 is 0 Å². The van der Waals surface area contributed by atoms with Gasteiger partial charge in [-0.2, -0.15) is 0 Å². The van der Waals surface area contributed by atoms with E-state index < -0.39 is 6.10 Å². The maximum absolute atomic E-state index is 10.2. The summed E-state index contributed by atoms with van der Waals surface area (Å²) in [4.78, 5) is 0. The van der Waals surface area contributed by atoms with E-state index in [9.17, 15) is 5.11 Å². The molecule has 0 aliphatic carbocycles. The average molecular weight is 316 g/mol. The van der Waals surface area contributed by atoms with Crippen molar-refractivity contribution in [2.24, 2.45) is 0 Å². The Kier molecular flexibility index (Phi) is 3.61. The fraction of sp³-hybridized carbons (Fsp3) is 0.231. The molecule has 0 spiro atoms. The molecule has 2 rings (SSSR count). The van der Waals surface area contributed by atoms with Gasteiger partial charge in [-0.25, -0.2) is 0 Å². The van der Waals surface area contributed by atoms with E-state index in [2.05, 4.69) is 15.9 Å². The van der Waals surface area contributed by atoms with Crippen molar-refractivity contribution < 1.29 is 9.52 Å². The Labute approximate surface area is 113 Å². The standard InChI is InChI=1S/C13H12BrClO2/c1-7-5-9(10(15)6-8(7)2)13(16)11-3-4-12(14)17-11/h3-6,13,16H,1-2H3. The molecule has 2 aromatic rings. The van der Waals surface area contributed by atoms with Gasteiger partial charge in [0, 0.05) is 10.6 Å². The van der Waals surface area contributed by atoms with Gasteiger partial charge in [0.05, 0.1) is 0 Å². The molecule has 0 saturated carbocycles. The molecular formula is C13H12BrClO2. The van der Waals surface area contributed by atoms with Crippen LogP contribution in [0.3, 0.4) is 0 Å². The predicted molar refractivity (Wildman–Crippen MR) is 71.4 cm³/mol. The maximum atomic E-state index is 10.2. The third-order valence-electron chi connectivity index (χ3n) is 2.77. The Bertz CT molecular complexity index is 548. The molecular weight excluding hydrogens is 303 g/mol. The van der Waals surface area contributed by atoms with E-state index in [-0.39, 0.29) is 0 Å². The molecule has 2 nitrogen and oxygen atoms in total. The molecule has 0 aliphatic heterocycles. The van der Waals surface area contributed by atoms with Crippen LogP contribution in [0.2, 0.25) is 5.02 Å². The number of hydrogen-bond donors (Lipinski definition) is 1. The molecule has 0 bridgehead atoms. The first-order valence-electron chi connectivity index (χ1n) is 5.19. The second-order valence-corrected chi connectivity index (χ2v) is 5.19. The summed E-state index contributed by atoms with van der Waals surface area (Å²) >= 11 is 9.35. The lowest BCUT2D eigenvalue weighted by Gasteiger charge is -2.12. The van der Waals surface area contributed by atoms with E-state index in [1.165, 1.54) is 0 Å². The predicted octanol–water partition coefficient (Wildman–Crippen LogP) is 4.39. The summed E-state index contributed by atoms with van der Waals surface area (Å²) in [5, 5.41) is 10.8. The van der Waals surface area contributed by atoms with Crippen molar-refractivity contribution in [3.05, 3.63) is 56.4 Å². The summed E-state index contributed by atoms with van der Waals surface area (Å²) in [5.41, 5.74) is 2.86. The number of rotatable bonds is 2. The number of aryl methyl sites for hydroxylation is 2. The fourth-order valence-electron chi connectivity index (χ4n) is 1.64. The number of benzene rings is 1. The highest BCUT2D eigenvalue weighted by Gasteiger charge is 2.18. The molecule has 1 aromatic heterocycles. The van der Waals surface area contributed by atoms with Gasteiger partial charge in [0.1, 0.15) is 11.9 Å². The first-order valence-corrected chi connectivity index (χ1v) is 6.36. The van der Waals surface area contributed by atoms with Crippen LogP contribution in [-0.4, -0.2) is 5.11 Å². The number of aliphatic hydroxyl groups excluding tert-OH is 1. The quantitative estimate of drug-likeness (QED) is 0.891. The largest absolute Gasteiger partial charge is 0.451 e. The molecule has 90 valence electrons. The van der Waals surface area contributed by atoms with Crippen molar-refractivity contribution in [3.63, 3.8) is 0 Å². The van der Waals surface area contributed by atoms with Crippen molar-refractivity contribution in [1.29, 1.82) is 0 Å². The van der Waals surface area contributed by atoms with Crippen molar-refractivity contribution >= 4 is 27.5 Å². The lowest BCUT2D eigenvalue weighted by molar-refractivity contribution is 0.187. The molecule has 0 amide bonds. The minimum Gasteiger partial charge on any atom is -0.451 e. The highest BCUT2D eigenvalue weighted by atomic mass is 79.9. The monoisotopic (exact) mass is 314 g/mol. The molecule has 0 saturated heterocycles. The van der Waals surface area contributed by atoms with Gasteiger partial charge < -0.3 is 9.52 Å². The minimum absolute atomic E-state index is 0.474. The van der Waals surface area contributed by atoms with Crippen LogP contribution in [0.4, 0.5) is 0 Å². The van der Waals surface area contributed by atoms with E-state index in [4.69, 9.17) is 16.0 Å². The second kappa shape index (κ2) is 4.84. The van der Waals surface area contributed by atoms with Gasteiger partial charge in [-0.3, -0.25) is 0 Å². The van der Waals surface area contributed by atoms with Crippen LogP contribution in [-0.2, 0) is 0 Å². The third-order valence-corrected chi connectivity index (χ3v) is 3.52. The van der Waals surface area contributed by atoms with Crippen LogP contribution in [0.5, 0.6) is 0 Å². The average Bonchev–Trinajstić information content (AvgIpc) is 2.69. The molecule has 1 heterocycles. The third kappa shape index (κ3) is 2.57. The Balaban J connectivity index is 2.43. The van der Waals surface area contributed by atoms with Gasteiger partial charge in [-0.05, 0) is 59.1 Å². The normalized spacial score (nSPS) is 12.8. The summed E-state index contributed by atoms with van der Waals surface area (Å²) in [6.07, 6.45) is -0.840. The van der Waals surface area contributed by atoms with Crippen LogP contribution < -0.4 is 0 Å². The minimum atomic E-state index is -0.840. The van der Waals surface area contributed by atoms with Crippen molar-refractivity contribution in [1.82, 2.24) is 0 Å². The number of halogens is 2. The van der Waals surface area contributed by atoms with Gasteiger partial charge in [0.25, 0.3) is 0 Å². The summed E-state index contributed by atoms with van der Waals surface area (Å²) in [6.45, 7) is 3.97. The smallest absolute Gasteiger partial charge is 0.169 e. The highest BCUT2D eigenvalue weighted by molar-refractivity contribution is 9.10. The number of hydrogen-bond acceptors (Lipinski definition) is 2. The number of furan rings is 1. The maximum Gasteiger partial charge on any atom is 0.169 e. The summed E-state index contributed by atoms with van der Waals surface area (Å²) in [7, 11) is 0. The first kappa shape index (κ1) is 12.7. The molecule has 17 heavy (non-hydrogen) atoms. The topological polar surface area (TPSA) is 33.4 Å². The lowest BCUT2D eigenvalue weighted by Crippen LogP contribution is -2.00. The van der Waals surface area contributed by atoms with Crippen LogP contribution in [0.15, 0.2) is 33.4 Å². The molecule has 0 radical (unpaired) electrons. The van der Waals surface area contributed by atoms with Crippen molar-refractivity contribution in [2.75, 3.05) is 0 Å². The Hall–Kier alpha value is -0.770. The van der Waals surface area contributed by atoms with Gasteiger partial charge in [-0.1, -0.05) is 17.7 Å². The second-order valence-electron chi connectivity index (χ2n) is 4.00. The van der Waals surface area contributed by atoms with Gasteiger partial charge in [-0.15, -0.1) is 0 Å². The van der Waals surface area contributed by atoms with Crippen molar-refractivity contribution in [3.8, 4) is 0 Å². The number of aliphatic hydroxyl groups is 1. The van der Waals surface area contributed by atoms with Gasteiger partial charge in [0.2, 0.25) is 0 Å². The van der Waals surface area contributed by atoms with E-state index in [1.54, 1.807) is 12.1 Å². The molecule has 4 heteroatoms. The SMILES string of the molecule is Cc1cc(Cl)c(C(O)c2ccc(Br)o2)cc1C. The molecule has 1 N–H and O–H groups in total. The molecule has 0 aliphatic rings. The summed E-state index contributed by atoms with van der Waals surface area (Å²) in [6, 6.07) is 7.21. The summed E-state index contributed by atoms with van der Waals surface area (Å²) < 4.78 is 5.92. The van der Waals surface area contributed by atoms with Crippen LogP contribution in [0.25, 0.3) is 0 Å². The zero-order chi connectivity index (χ0) is 12.6. The first-order chi connectivity index (χ1) is 7.99. The van der Waals surface area contributed by atoms with Crippen LogP contribution >= 0.6 is 27.5 Å². The Morgan fingerprint density at radius 3 is 2.47 bits per heavy atom. The fourth-order valence-corrected chi connectivity index (χ4v) is 2.28.